The number of hydrogen-bond donors (Lipinski definition) is 1. The molecule has 0 aliphatic rings. The first kappa shape index (κ1) is 19.7. The molecular formula is C22H13N7OS2. The molecule has 0 bridgehead atoms. The van der Waals surface area contributed by atoms with E-state index in [1.807, 2.05) is 35.7 Å². The summed E-state index contributed by atoms with van der Waals surface area (Å²) in [4.78, 5) is 25.4. The predicted octanol–water partition coefficient (Wildman–Crippen LogP) is 6.38. The van der Waals surface area contributed by atoms with E-state index >= 15 is 0 Å². The lowest BCUT2D eigenvalue weighted by molar-refractivity contribution is 0.843. The van der Waals surface area contributed by atoms with Gasteiger partial charge in [0.15, 0.2) is 11.4 Å². The highest BCUT2D eigenvalue weighted by molar-refractivity contribution is 7.13. The fraction of sp³-hybridized carbons (Fsp3) is 0. The molecule has 2 aromatic carbocycles. The van der Waals surface area contributed by atoms with E-state index in [0.717, 1.165) is 11.3 Å². The Labute approximate surface area is 190 Å². The Bertz CT molecular complexity index is 1490. The molecule has 0 radical (unpaired) electrons. The largest absolute Gasteiger partial charge is 0.301 e. The summed E-state index contributed by atoms with van der Waals surface area (Å²) < 4.78 is 1.37. The smallest absolute Gasteiger partial charge is 0.286 e. The van der Waals surface area contributed by atoms with Gasteiger partial charge in [-0.05, 0) is 5.56 Å². The first-order chi connectivity index (χ1) is 15.7. The summed E-state index contributed by atoms with van der Waals surface area (Å²) in [7, 11) is 0. The van der Waals surface area contributed by atoms with E-state index in [2.05, 4.69) is 30.1 Å². The Balaban J connectivity index is 1.62. The van der Waals surface area contributed by atoms with Crippen molar-refractivity contribution in [3.63, 3.8) is 0 Å². The van der Waals surface area contributed by atoms with Crippen molar-refractivity contribution in [3.05, 3.63) is 93.3 Å². The van der Waals surface area contributed by atoms with Gasteiger partial charge in [0.25, 0.3) is 0 Å². The highest BCUT2D eigenvalue weighted by Gasteiger charge is 2.19. The summed E-state index contributed by atoms with van der Waals surface area (Å²) in [6.45, 7) is 7.15. The maximum absolute atomic E-state index is 13.3. The zero-order valence-electron chi connectivity index (χ0n) is 16.3. The number of nitrogens with zero attached hydrogens (tertiary/aromatic N) is 6. The quantitative estimate of drug-likeness (QED) is 0.246. The van der Waals surface area contributed by atoms with Gasteiger partial charge in [0.1, 0.15) is 0 Å². The average Bonchev–Trinajstić information content (AvgIpc) is 3.59. The van der Waals surface area contributed by atoms with Crippen LogP contribution >= 0.6 is 22.7 Å². The summed E-state index contributed by atoms with van der Waals surface area (Å²) in [5.41, 5.74) is 3.23. The second-order valence-corrected chi connectivity index (χ2v) is 8.24. The zero-order chi connectivity index (χ0) is 21.9. The summed E-state index contributed by atoms with van der Waals surface area (Å²) in [6.07, 6.45) is 1.62. The van der Waals surface area contributed by atoms with Crippen molar-refractivity contribution in [1.29, 1.82) is 0 Å². The Morgan fingerprint density at radius 1 is 1.00 bits per heavy atom. The van der Waals surface area contributed by atoms with Crippen LogP contribution in [-0.4, -0.2) is 19.7 Å². The van der Waals surface area contributed by atoms with Crippen molar-refractivity contribution < 1.29 is 0 Å². The fourth-order valence-corrected chi connectivity index (χ4v) is 4.27. The lowest BCUT2D eigenvalue weighted by atomic mass is 10.1. The second-order valence-electron chi connectivity index (χ2n) is 6.53. The third-order valence-corrected chi connectivity index (χ3v) is 6.04. The normalized spacial score (nSPS) is 11.1. The van der Waals surface area contributed by atoms with Crippen LogP contribution < -0.4 is 5.56 Å². The minimum Gasteiger partial charge on any atom is -0.286 e. The van der Waals surface area contributed by atoms with Crippen molar-refractivity contribution in [2.24, 2.45) is 10.2 Å². The van der Waals surface area contributed by atoms with Gasteiger partial charge >= 0.3 is 5.56 Å². The van der Waals surface area contributed by atoms with E-state index in [1.54, 1.807) is 35.8 Å². The first-order valence-corrected chi connectivity index (χ1v) is 11.1. The molecule has 5 rings (SSSR count). The number of thiazole rings is 2. The molecule has 3 aromatic heterocycles. The van der Waals surface area contributed by atoms with Gasteiger partial charge < -0.3 is 0 Å². The summed E-state index contributed by atoms with van der Waals surface area (Å²) >= 11 is 2.67. The third-order valence-electron chi connectivity index (χ3n) is 4.56. The predicted molar refractivity (Wildman–Crippen MR) is 125 cm³/mol. The average molecular weight is 456 g/mol. The van der Waals surface area contributed by atoms with Crippen LogP contribution in [0.15, 0.2) is 86.6 Å². The zero-order valence-corrected chi connectivity index (χ0v) is 18.0. The molecule has 0 aliphatic carbocycles. The number of nitrogens with one attached hydrogen (secondary N) is 1. The number of aromatic nitrogens is 4. The molecule has 32 heavy (non-hydrogen) atoms. The number of aromatic amines is 1. The van der Waals surface area contributed by atoms with Crippen LogP contribution in [0, 0.1) is 6.57 Å². The molecule has 10 heteroatoms. The number of H-pyrrole nitrogens is 1. The molecule has 0 aliphatic heterocycles. The standard InChI is InChI=1S/C22H13N7OS2/c1-23-16-9-7-15(8-10-16)18-19(26-27-21-24-11-12-31-21)20(30)29(28-18)22-25-17(13-32-22)14-5-3-2-4-6-14/h2-13,28H. The Hall–Kier alpha value is -4.20. The van der Waals surface area contributed by atoms with Crippen LogP contribution in [0.25, 0.3) is 32.5 Å². The van der Waals surface area contributed by atoms with Gasteiger partial charge in [-0.1, -0.05) is 54.6 Å². The number of rotatable bonds is 5. The molecule has 1 N–H and O–H groups in total. The SMILES string of the molecule is [C-]#[N+]c1ccc(-c2[nH]n(-c3nc(-c4ccccc4)cs3)c(=O)c2N=Nc2nccs2)cc1. The van der Waals surface area contributed by atoms with Crippen LogP contribution in [0.4, 0.5) is 16.5 Å². The van der Waals surface area contributed by atoms with Crippen LogP contribution in [-0.2, 0) is 0 Å². The third kappa shape index (κ3) is 3.78. The van der Waals surface area contributed by atoms with Gasteiger partial charge in [-0.2, -0.15) is 4.68 Å². The van der Waals surface area contributed by atoms with Crippen molar-refractivity contribution >= 4 is 39.2 Å². The Morgan fingerprint density at radius 3 is 2.53 bits per heavy atom. The molecule has 8 nitrogen and oxygen atoms in total. The maximum atomic E-state index is 13.3. The number of hydrogen-bond acceptors (Lipinski definition) is 7. The van der Waals surface area contributed by atoms with Gasteiger partial charge in [0.05, 0.1) is 18.0 Å². The van der Waals surface area contributed by atoms with E-state index in [0.29, 0.717) is 27.2 Å². The van der Waals surface area contributed by atoms with E-state index in [4.69, 9.17) is 6.57 Å². The molecule has 5 aromatic rings. The van der Waals surface area contributed by atoms with Crippen LogP contribution in [0.2, 0.25) is 0 Å². The van der Waals surface area contributed by atoms with Crippen LogP contribution in [0.1, 0.15) is 0 Å². The number of benzene rings is 2. The van der Waals surface area contributed by atoms with Crippen molar-refractivity contribution in [2.75, 3.05) is 0 Å². The molecule has 0 spiro atoms. The van der Waals surface area contributed by atoms with E-state index in [9.17, 15) is 4.79 Å². The highest BCUT2D eigenvalue weighted by atomic mass is 32.1. The van der Waals surface area contributed by atoms with Crippen molar-refractivity contribution in [2.45, 2.75) is 0 Å². The maximum Gasteiger partial charge on any atom is 0.301 e. The van der Waals surface area contributed by atoms with Gasteiger partial charge in [0, 0.05) is 22.5 Å². The Kier molecular flexibility index (Phi) is 5.25. The molecule has 0 saturated carbocycles. The van der Waals surface area contributed by atoms with Gasteiger partial charge in [0.2, 0.25) is 10.3 Å². The molecule has 0 unspecified atom stereocenters. The molecule has 0 atom stereocenters. The van der Waals surface area contributed by atoms with E-state index < -0.39 is 0 Å². The monoisotopic (exact) mass is 455 g/mol. The van der Waals surface area contributed by atoms with Crippen LogP contribution in [0.3, 0.4) is 0 Å². The fourth-order valence-electron chi connectivity index (χ4n) is 3.03. The van der Waals surface area contributed by atoms with Gasteiger partial charge in [-0.3, -0.25) is 9.89 Å². The minimum atomic E-state index is -0.372. The molecule has 0 amide bonds. The minimum absolute atomic E-state index is 0.146. The second kappa shape index (κ2) is 8.50. The topological polar surface area (TPSA) is 92.7 Å². The molecule has 0 fully saturated rings. The lowest BCUT2D eigenvalue weighted by Gasteiger charge is -2.00. The summed E-state index contributed by atoms with van der Waals surface area (Å²) in [5, 5.41) is 16.1. The van der Waals surface area contributed by atoms with Crippen LogP contribution in [0.5, 0.6) is 0 Å². The molecule has 3 heterocycles. The summed E-state index contributed by atoms with van der Waals surface area (Å²) in [5.74, 6) is 0. The van der Waals surface area contributed by atoms with Crippen molar-refractivity contribution in [1.82, 2.24) is 19.7 Å². The molecular weight excluding hydrogens is 442 g/mol. The summed E-state index contributed by atoms with van der Waals surface area (Å²) in [6, 6.07) is 16.7. The first-order valence-electron chi connectivity index (χ1n) is 9.38. The lowest BCUT2D eigenvalue weighted by Crippen LogP contribution is -2.13. The van der Waals surface area contributed by atoms with Gasteiger partial charge in [-0.25, -0.2) is 14.8 Å². The molecule has 154 valence electrons. The number of azo groups is 1. The Morgan fingerprint density at radius 2 is 1.81 bits per heavy atom. The van der Waals surface area contributed by atoms with Gasteiger partial charge in [-0.15, -0.1) is 32.9 Å². The van der Waals surface area contributed by atoms with E-state index in [1.165, 1.54) is 27.4 Å². The van der Waals surface area contributed by atoms with E-state index in [-0.39, 0.29) is 11.2 Å². The highest BCUT2D eigenvalue weighted by Crippen LogP contribution is 2.31. The van der Waals surface area contributed by atoms with Crippen molar-refractivity contribution in [3.8, 4) is 27.6 Å². The molecule has 0 saturated heterocycles.